The summed E-state index contributed by atoms with van der Waals surface area (Å²) < 4.78 is 29.6. The van der Waals surface area contributed by atoms with Gasteiger partial charge < -0.3 is 4.90 Å². The molecule has 0 unspecified atom stereocenters. The van der Waals surface area contributed by atoms with Gasteiger partial charge in [-0.2, -0.15) is 8.42 Å². The lowest BCUT2D eigenvalue weighted by atomic mass is 9.84. The predicted molar refractivity (Wildman–Crippen MR) is 140 cm³/mol. The molecule has 0 spiro atoms. The van der Waals surface area contributed by atoms with E-state index in [4.69, 9.17) is 11.6 Å². The first-order valence-electron chi connectivity index (χ1n) is 10.5. The third kappa shape index (κ3) is 4.33. The quantitative estimate of drug-likeness (QED) is 0.398. The van der Waals surface area contributed by atoms with Crippen LogP contribution in [-0.2, 0) is 20.2 Å². The maximum absolute atomic E-state index is 13.1. The molecule has 0 bridgehead atoms. The lowest BCUT2D eigenvalue weighted by molar-refractivity contribution is -0.121. The summed E-state index contributed by atoms with van der Waals surface area (Å²) in [7, 11) is -2.03. The molecule has 4 rings (SSSR count). The van der Waals surface area contributed by atoms with E-state index >= 15 is 0 Å². The first-order chi connectivity index (χ1) is 16.1. The van der Waals surface area contributed by atoms with Gasteiger partial charge in [0.15, 0.2) is 5.17 Å². The number of nitrogens with zero attached hydrogens (tertiary/aromatic N) is 3. The molecule has 1 amide bonds. The maximum atomic E-state index is 13.1. The molecular formula is C25H24ClN3O3S2. The highest BCUT2D eigenvalue weighted by molar-refractivity contribution is 8.19. The summed E-state index contributed by atoms with van der Waals surface area (Å²) >= 11 is 6.90. The molecular weight excluding hydrogens is 490 g/mol. The number of likely N-dealkylation sites (N-methyl/N-ethyl adjacent to an activating group) is 1. The molecule has 9 heteroatoms. The minimum absolute atomic E-state index is 0.00245. The number of anilines is 1. The molecule has 0 aliphatic carbocycles. The molecule has 0 N–H and O–H groups in total. The van der Waals surface area contributed by atoms with Gasteiger partial charge >= 0.3 is 0 Å². The van der Waals surface area contributed by atoms with E-state index in [-0.39, 0.29) is 27.9 Å². The van der Waals surface area contributed by atoms with Crippen molar-refractivity contribution < 1.29 is 13.2 Å². The molecule has 2 aromatic rings. The number of carbonyl (C=O) groups excluding carboxylic acids is 1. The highest BCUT2D eigenvalue weighted by atomic mass is 35.5. The molecule has 176 valence electrons. The molecule has 2 aromatic carbocycles. The summed E-state index contributed by atoms with van der Waals surface area (Å²) in [6.07, 6.45) is 5.19. The molecule has 6 nitrogen and oxygen atoms in total. The zero-order valence-corrected chi connectivity index (χ0v) is 21.4. The summed E-state index contributed by atoms with van der Waals surface area (Å²) in [5.41, 5.74) is 3.11. The molecule has 1 fully saturated rings. The molecule has 2 heterocycles. The number of amidine groups is 1. The Hall–Kier alpha value is -2.81. The van der Waals surface area contributed by atoms with Crippen LogP contribution in [-0.4, -0.2) is 38.0 Å². The monoisotopic (exact) mass is 513 g/mol. The number of hydrogen-bond acceptors (Lipinski definition) is 5. The number of para-hydroxylation sites is 1. The number of halogens is 1. The van der Waals surface area contributed by atoms with Crippen LogP contribution in [0.25, 0.3) is 0 Å². The Morgan fingerprint density at radius 3 is 2.44 bits per heavy atom. The van der Waals surface area contributed by atoms with Crippen molar-refractivity contribution in [2.45, 2.75) is 24.2 Å². The summed E-state index contributed by atoms with van der Waals surface area (Å²) in [6, 6.07) is 13.9. The standard InChI is InChI=1S/C25H24ClN3O3S2/c1-5-16-29-23(30)21(33-24(29)27-34(31,32)18-12-10-17(26)11-13-18)14-15-22-25(2,3)19-8-6-7-9-20(19)28(22)4/h5-15H,1,16H2,2-4H3. The van der Waals surface area contributed by atoms with Crippen LogP contribution in [0.15, 0.2) is 93.2 Å². The van der Waals surface area contributed by atoms with Crippen molar-refractivity contribution in [3.63, 3.8) is 0 Å². The minimum Gasteiger partial charge on any atom is -0.347 e. The van der Waals surface area contributed by atoms with Gasteiger partial charge in [0.1, 0.15) is 0 Å². The highest BCUT2D eigenvalue weighted by Gasteiger charge is 2.38. The second-order valence-corrected chi connectivity index (χ2v) is 11.4. The Labute approximate surface area is 209 Å². The van der Waals surface area contributed by atoms with Crippen LogP contribution in [0.1, 0.15) is 19.4 Å². The van der Waals surface area contributed by atoms with E-state index in [1.54, 1.807) is 6.08 Å². The van der Waals surface area contributed by atoms with Gasteiger partial charge in [0, 0.05) is 35.4 Å². The Morgan fingerprint density at radius 1 is 1.12 bits per heavy atom. The Kier molecular flexibility index (Phi) is 6.50. The summed E-state index contributed by atoms with van der Waals surface area (Å²) in [5.74, 6) is -0.317. The lowest BCUT2D eigenvalue weighted by Gasteiger charge is -2.23. The van der Waals surface area contributed by atoms with Gasteiger partial charge in [-0.1, -0.05) is 49.7 Å². The van der Waals surface area contributed by atoms with E-state index in [0.717, 1.165) is 23.1 Å². The number of amides is 1. The van der Waals surface area contributed by atoms with Gasteiger partial charge in [0.2, 0.25) is 0 Å². The van der Waals surface area contributed by atoms with Crippen molar-refractivity contribution in [1.29, 1.82) is 0 Å². The van der Waals surface area contributed by atoms with Gasteiger partial charge in [0.25, 0.3) is 15.9 Å². The topological polar surface area (TPSA) is 70.1 Å². The summed E-state index contributed by atoms with van der Waals surface area (Å²) in [4.78, 5) is 16.9. The molecule has 0 saturated carbocycles. The normalized spacial score (nSPS) is 21.1. The van der Waals surface area contributed by atoms with Crippen LogP contribution in [0.3, 0.4) is 0 Å². The van der Waals surface area contributed by atoms with Crippen molar-refractivity contribution in [2.75, 3.05) is 18.5 Å². The second-order valence-electron chi connectivity index (χ2n) is 8.39. The fourth-order valence-corrected chi connectivity index (χ4v) is 6.36. The van der Waals surface area contributed by atoms with E-state index < -0.39 is 10.0 Å². The molecule has 2 aliphatic rings. The van der Waals surface area contributed by atoms with Crippen molar-refractivity contribution in [2.24, 2.45) is 4.40 Å². The fraction of sp³-hybridized carbons (Fsp3) is 0.200. The average Bonchev–Trinajstić information content (AvgIpc) is 3.18. The van der Waals surface area contributed by atoms with E-state index in [1.807, 2.05) is 25.3 Å². The first-order valence-corrected chi connectivity index (χ1v) is 13.2. The first kappa shape index (κ1) is 24.3. The SMILES string of the molecule is C=CCN1C(=O)C(=CC=C2N(C)c3ccccc3C2(C)C)SC1=NS(=O)(=O)c1ccc(Cl)cc1. The average molecular weight is 514 g/mol. The predicted octanol–water partition coefficient (Wildman–Crippen LogP) is 5.34. The Morgan fingerprint density at radius 2 is 1.79 bits per heavy atom. The minimum atomic E-state index is -4.02. The lowest BCUT2D eigenvalue weighted by Crippen LogP contribution is -2.29. The van der Waals surface area contributed by atoms with Crippen molar-refractivity contribution >= 4 is 50.1 Å². The van der Waals surface area contributed by atoms with Crippen molar-refractivity contribution in [3.8, 4) is 0 Å². The van der Waals surface area contributed by atoms with E-state index in [0.29, 0.717) is 9.93 Å². The number of carbonyl (C=O) groups is 1. The van der Waals surface area contributed by atoms with Crippen LogP contribution >= 0.6 is 23.4 Å². The van der Waals surface area contributed by atoms with Crippen molar-refractivity contribution in [1.82, 2.24) is 4.90 Å². The van der Waals surface area contributed by atoms with Gasteiger partial charge in [-0.3, -0.25) is 9.69 Å². The Bertz CT molecular complexity index is 1360. The zero-order chi connectivity index (χ0) is 24.7. The summed E-state index contributed by atoms with van der Waals surface area (Å²) in [5, 5.41) is 0.511. The van der Waals surface area contributed by atoms with Gasteiger partial charge in [-0.15, -0.1) is 11.0 Å². The zero-order valence-electron chi connectivity index (χ0n) is 19.0. The molecule has 0 aromatic heterocycles. The van der Waals surface area contributed by atoms with E-state index in [9.17, 15) is 13.2 Å². The van der Waals surface area contributed by atoms with E-state index in [2.05, 4.69) is 41.9 Å². The number of fused-ring (bicyclic) bond motifs is 1. The van der Waals surface area contributed by atoms with Gasteiger partial charge in [0.05, 0.1) is 9.80 Å². The number of rotatable bonds is 5. The van der Waals surface area contributed by atoms with Crippen LogP contribution in [0.2, 0.25) is 5.02 Å². The van der Waals surface area contributed by atoms with Crippen LogP contribution in [0.5, 0.6) is 0 Å². The van der Waals surface area contributed by atoms with Crippen LogP contribution in [0.4, 0.5) is 5.69 Å². The van der Waals surface area contributed by atoms with Crippen LogP contribution < -0.4 is 4.90 Å². The van der Waals surface area contributed by atoms with Gasteiger partial charge in [-0.25, -0.2) is 0 Å². The third-order valence-electron chi connectivity index (χ3n) is 5.84. The number of benzene rings is 2. The molecule has 1 saturated heterocycles. The Balaban J connectivity index is 1.70. The fourth-order valence-electron chi connectivity index (χ4n) is 4.10. The number of sulfonamides is 1. The third-order valence-corrected chi connectivity index (χ3v) is 8.52. The number of allylic oxidation sites excluding steroid dienone is 3. The highest BCUT2D eigenvalue weighted by Crippen LogP contribution is 2.46. The largest absolute Gasteiger partial charge is 0.347 e. The molecule has 0 radical (unpaired) electrons. The molecule has 34 heavy (non-hydrogen) atoms. The number of hydrogen-bond donors (Lipinski definition) is 0. The second kappa shape index (κ2) is 9.09. The molecule has 0 atom stereocenters. The smallest absolute Gasteiger partial charge is 0.284 e. The van der Waals surface area contributed by atoms with Crippen molar-refractivity contribution in [3.05, 3.63) is 94.5 Å². The summed E-state index contributed by atoms with van der Waals surface area (Å²) in [6.45, 7) is 8.10. The van der Waals surface area contributed by atoms with E-state index in [1.165, 1.54) is 40.8 Å². The number of thioether (sulfide) groups is 1. The van der Waals surface area contributed by atoms with Gasteiger partial charge in [-0.05, 0) is 59.8 Å². The van der Waals surface area contributed by atoms with Crippen LogP contribution in [0, 0.1) is 0 Å². The maximum Gasteiger partial charge on any atom is 0.284 e. The molecule has 2 aliphatic heterocycles.